The number of anilines is 1. The number of rotatable bonds is 3. The quantitative estimate of drug-likeness (QED) is 0.886. The van der Waals surface area contributed by atoms with E-state index in [4.69, 9.17) is 11.6 Å². The highest BCUT2D eigenvalue weighted by Crippen LogP contribution is 2.29. The van der Waals surface area contributed by atoms with E-state index in [2.05, 4.69) is 10.3 Å². The molecule has 1 saturated heterocycles. The van der Waals surface area contributed by atoms with Crippen LogP contribution in [0.25, 0.3) is 0 Å². The smallest absolute Gasteiger partial charge is 0.238 e. The SMILES string of the molecule is CN1C(=O)C[C@H](C(=O)Nc2cccc(Cl)c2)SC1=Nc1ccccc1. The number of nitrogens with one attached hydrogen (secondary N) is 1. The molecule has 3 rings (SSSR count). The van der Waals surface area contributed by atoms with Crippen molar-refractivity contribution < 1.29 is 9.59 Å². The molecule has 128 valence electrons. The van der Waals surface area contributed by atoms with Crippen LogP contribution in [0.4, 0.5) is 11.4 Å². The number of nitrogens with zero attached hydrogens (tertiary/aromatic N) is 2. The minimum absolute atomic E-state index is 0.126. The summed E-state index contributed by atoms with van der Waals surface area (Å²) < 4.78 is 0. The monoisotopic (exact) mass is 373 g/mol. The van der Waals surface area contributed by atoms with Gasteiger partial charge >= 0.3 is 0 Å². The molecule has 0 aliphatic carbocycles. The van der Waals surface area contributed by atoms with Gasteiger partial charge in [0.1, 0.15) is 5.25 Å². The summed E-state index contributed by atoms with van der Waals surface area (Å²) in [4.78, 5) is 30.7. The summed E-state index contributed by atoms with van der Waals surface area (Å²) >= 11 is 7.21. The van der Waals surface area contributed by atoms with Crippen LogP contribution in [0.2, 0.25) is 5.02 Å². The van der Waals surface area contributed by atoms with Gasteiger partial charge in [0, 0.05) is 24.2 Å². The number of aliphatic imine (C=N–C) groups is 1. The molecule has 0 spiro atoms. The Kier molecular flexibility index (Phi) is 5.40. The van der Waals surface area contributed by atoms with Crippen molar-refractivity contribution in [2.24, 2.45) is 4.99 Å². The van der Waals surface area contributed by atoms with Gasteiger partial charge in [-0.15, -0.1) is 0 Å². The third kappa shape index (κ3) is 4.41. The molecule has 2 amide bonds. The second-order valence-corrected chi connectivity index (χ2v) is 7.10. The van der Waals surface area contributed by atoms with E-state index in [1.54, 1.807) is 31.3 Å². The second-order valence-electron chi connectivity index (χ2n) is 5.49. The van der Waals surface area contributed by atoms with Gasteiger partial charge in [-0.3, -0.25) is 14.5 Å². The van der Waals surface area contributed by atoms with Gasteiger partial charge in [-0.1, -0.05) is 47.6 Å². The number of para-hydroxylation sites is 1. The molecule has 0 aromatic heterocycles. The predicted molar refractivity (Wildman–Crippen MR) is 102 cm³/mol. The van der Waals surface area contributed by atoms with E-state index in [0.29, 0.717) is 15.9 Å². The zero-order valence-electron chi connectivity index (χ0n) is 13.5. The summed E-state index contributed by atoms with van der Waals surface area (Å²) in [6.45, 7) is 0. The van der Waals surface area contributed by atoms with E-state index in [0.717, 1.165) is 5.69 Å². The number of benzene rings is 2. The lowest BCUT2D eigenvalue weighted by atomic mass is 10.2. The lowest BCUT2D eigenvalue weighted by Gasteiger charge is -2.28. The number of amides is 2. The molecule has 7 heteroatoms. The normalized spacial score (nSPS) is 19.1. The molecule has 1 aliphatic rings. The van der Waals surface area contributed by atoms with Gasteiger partial charge in [0.15, 0.2) is 5.17 Å². The Labute approximate surface area is 155 Å². The first kappa shape index (κ1) is 17.5. The van der Waals surface area contributed by atoms with Crippen molar-refractivity contribution in [2.45, 2.75) is 11.7 Å². The van der Waals surface area contributed by atoms with E-state index >= 15 is 0 Å². The molecule has 1 heterocycles. The zero-order valence-corrected chi connectivity index (χ0v) is 15.1. The van der Waals surface area contributed by atoms with Crippen LogP contribution in [0.3, 0.4) is 0 Å². The van der Waals surface area contributed by atoms with Crippen LogP contribution >= 0.6 is 23.4 Å². The number of hydrogen-bond acceptors (Lipinski definition) is 4. The van der Waals surface area contributed by atoms with Gasteiger partial charge in [0.05, 0.1) is 5.69 Å². The highest BCUT2D eigenvalue weighted by Gasteiger charge is 2.34. The van der Waals surface area contributed by atoms with Crippen molar-refractivity contribution in [1.82, 2.24) is 4.90 Å². The van der Waals surface area contributed by atoms with Crippen LogP contribution in [-0.4, -0.2) is 34.2 Å². The van der Waals surface area contributed by atoms with Crippen molar-refractivity contribution in [3.63, 3.8) is 0 Å². The fourth-order valence-corrected chi connectivity index (χ4v) is 3.55. The number of carbonyl (C=O) groups excluding carboxylic acids is 2. The summed E-state index contributed by atoms with van der Waals surface area (Å²) in [5.41, 5.74) is 1.34. The maximum Gasteiger partial charge on any atom is 0.238 e. The third-order valence-electron chi connectivity index (χ3n) is 3.63. The van der Waals surface area contributed by atoms with Gasteiger partial charge in [-0.05, 0) is 30.3 Å². The van der Waals surface area contributed by atoms with E-state index in [9.17, 15) is 9.59 Å². The molecule has 0 radical (unpaired) electrons. The van der Waals surface area contributed by atoms with E-state index < -0.39 is 5.25 Å². The van der Waals surface area contributed by atoms with Gasteiger partial charge in [0.2, 0.25) is 11.8 Å². The molecule has 1 fully saturated rings. The summed E-state index contributed by atoms with van der Waals surface area (Å²) in [5, 5.41) is 3.31. The Morgan fingerprint density at radius 3 is 2.72 bits per heavy atom. The molecule has 2 aromatic carbocycles. The van der Waals surface area contributed by atoms with Gasteiger partial charge in [-0.25, -0.2) is 4.99 Å². The lowest BCUT2D eigenvalue weighted by Crippen LogP contribution is -2.43. The third-order valence-corrected chi connectivity index (χ3v) is 5.11. The number of hydrogen-bond donors (Lipinski definition) is 1. The Morgan fingerprint density at radius 2 is 2.00 bits per heavy atom. The zero-order chi connectivity index (χ0) is 17.8. The molecule has 2 aromatic rings. The van der Waals surface area contributed by atoms with E-state index in [-0.39, 0.29) is 18.2 Å². The summed E-state index contributed by atoms with van der Waals surface area (Å²) in [6.07, 6.45) is 0.126. The van der Waals surface area contributed by atoms with Crippen LogP contribution in [0.1, 0.15) is 6.42 Å². The van der Waals surface area contributed by atoms with E-state index in [1.165, 1.54) is 16.7 Å². The highest BCUT2D eigenvalue weighted by atomic mass is 35.5. The Balaban J connectivity index is 1.77. The Bertz CT molecular complexity index is 826. The fraction of sp³-hybridized carbons (Fsp3) is 0.167. The highest BCUT2D eigenvalue weighted by molar-refractivity contribution is 8.15. The fourth-order valence-electron chi connectivity index (χ4n) is 2.30. The van der Waals surface area contributed by atoms with Crippen LogP contribution in [-0.2, 0) is 9.59 Å². The topological polar surface area (TPSA) is 61.8 Å². The van der Waals surface area contributed by atoms with Crippen molar-refractivity contribution in [1.29, 1.82) is 0 Å². The van der Waals surface area contributed by atoms with Gasteiger partial charge in [-0.2, -0.15) is 0 Å². The van der Waals surface area contributed by atoms with E-state index in [1.807, 2.05) is 30.3 Å². The van der Waals surface area contributed by atoms with Crippen molar-refractivity contribution in [3.8, 4) is 0 Å². The summed E-state index contributed by atoms with van der Waals surface area (Å²) in [7, 11) is 1.67. The maximum atomic E-state index is 12.5. The largest absolute Gasteiger partial charge is 0.325 e. The number of amidine groups is 1. The number of carbonyl (C=O) groups is 2. The Hall–Kier alpha value is -2.31. The maximum absolute atomic E-state index is 12.5. The van der Waals surface area contributed by atoms with Crippen molar-refractivity contribution in [3.05, 3.63) is 59.6 Å². The summed E-state index contributed by atoms with van der Waals surface area (Å²) in [5.74, 6) is -0.380. The number of thioether (sulfide) groups is 1. The molecule has 0 unspecified atom stereocenters. The first-order valence-electron chi connectivity index (χ1n) is 7.66. The van der Waals surface area contributed by atoms with Crippen LogP contribution in [0, 0.1) is 0 Å². The average molecular weight is 374 g/mol. The predicted octanol–water partition coefficient (Wildman–Crippen LogP) is 3.93. The Morgan fingerprint density at radius 1 is 1.24 bits per heavy atom. The van der Waals surface area contributed by atoms with Crippen molar-refractivity contribution in [2.75, 3.05) is 12.4 Å². The summed E-state index contributed by atoms with van der Waals surface area (Å²) in [6, 6.07) is 16.2. The first-order chi connectivity index (χ1) is 12.0. The molecular formula is C18H16ClN3O2S. The second kappa shape index (κ2) is 7.72. The van der Waals surface area contributed by atoms with Gasteiger partial charge < -0.3 is 5.32 Å². The van der Waals surface area contributed by atoms with Crippen LogP contribution < -0.4 is 5.32 Å². The molecule has 1 atom stereocenters. The van der Waals surface area contributed by atoms with Crippen molar-refractivity contribution >= 4 is 51.7 Å². The molecule has 1 aliphatic heterocycles. The first-order valence-corrected chi connectivity index (χ1v) is 8.92. The average Bonchev–Trinajstić information content (AvgIpc) is 2.59. The van der Waals surface area contributed by atoms with Crippen LogP contribution in [0.5, 0.6) is 0 Å². The molecule has 1 N–H and O–H groups in total. The molecular weight excluding hydrogens is 358 g/mol. The number of halogens is 1. The van der Waals surface area contributed by atoms with Gasteiger partial charge in [0.25, 0.3) is 0 Å². The molecule has 25 heavy (non-hydrogen) atoms. The molecule has 0 bridgehead atoms. The standard InChI is InChI=1S/C18H16ClN3O2S/c1-22-16(23)11-15(17(24)20-14-9-5-6-12(19)10-14)25-18(22)21-13-7-3-2-4-8-13/h2-10,15H,11H2,1H3,(H,20,24)/t15-/m1/s1. The lowest BCUT2D eigenvalue weighted by molar-refractivity contribution is -0.128. The minimum Gasteiger partial charge on any atom is -0.325 e. The molecule has 5 nitrogen and oxygen atoms in total. The molecule has 0 saturated carbocycles. The minimum atomic E-state index is -0.537. The van der Waals surface area contributed by atoms with Crippen LogP contribution in [0.15, 0.2) is 59.6 Å².